The first kappa shape index (κ1) is 16.7. The van der Waals surface area contributed by atoms with Crippen molar-refractivity contribution in [2.75, 3.05) is 5.75 Å². The van der Waals surface area contributed by atoms with E-state index in [1.807, 2.05) is 11.8 Å². The fraction of sp³-hybridized carbons (Fsp3) is 0.947. The highest BCUT2D eigenvalue weighted by Gasteiger charge is 2.48. The number of nitrogens with zero attached hydrogens (tertiary/aromatic N) is 1. The normalized spacial score (nSPS) is 30.5. The summed E-state index contributed by atoms with van der Waals surface area (Å²) < 4.78 is 6.34. The highest BCUT2D eigenvalue weighted by atomic mass is 32.2. The Bertz CT molecular complexity index is 376. The molecule has 2 aliphatic carbocycles. The molecular weight excluding hydrogens is 290 g/mol. The van der Waals surface area contributed by atoms with E-state index >= 15 is 0 Å². The van der Waals surface area contributed by atoms with Gasteiger partial charge in [0, 0.05) is 11.7 Å². The number of thioether (sulfide) groups is 1. The molecule has 0 amide bonds. The van der Waals surface area contributed by atoms with Gasteiger partial charge in [0.05, 0.1) is 5.54 Å². The zero-order chi connectivity index (χ0) is 15.3. The number of fused-ring (bicyclic) bond motifs is 2. The molecule has 22 heavy (non-hydrogen) atoms. The number of hydrogen-bond acceptors (Lipinski definition) is 3. The molecule has 0 aromatic rings. The first-order valence-electron chi connectivity index (χ1n) is 9.73. The van der Waals surface area contributed by atoms with Crippen LogP contribution in [0.2, 0.25) is 0 Å². The van der Waals surface area contributed by atoms with Gasteiger partial charge in [-0.1, -0.05) is 63.6 Å². The van der Waals surface area contributed by atoms with Crippen LogP contribution in [0.3, 0.4) is 0 Å². The number of rotatable bonds is 5. The molecular formula is C19H33NOS. The van der Waals surface area contributed by atoms with Gasteiger partial charge in [-0.15, -0.1) is 0 Å². The third-order valence-corrected chi connectivity index (χ3v) is 6.83. The van der Waals surface area contributed by atoms with Crippen molar-refractivity contribution in [1.82, 2.24) is 0 Å². The van der Waals surface area contributed by atoms with E-state index in [0.717, 1.165) is 5.23 Å². The van der Waals surface area contributed by atoms with Gasteiger partial charge in [0.25, 0.3) is 0 Å². The van der Waals surface area contributed by atoms with E-state index in [0.29, 0.717) is 12.0 Å². The van der Waals surface area contributed by atoms with Crippen LogP contribution in [0.4, 0.5) is 0 Å². The second-order valence-electron chi connectivity index (χ2n) is 7.50. The van der Waals surface area contributed by atoms with Crippen LogP contribution < -0.4 is 0 Å². The van der Waals surface area contributed by atoms with Gasteiger partial charge in [-0.2, -0.15) is 0 Å². The molecule has 2 fully saturated rings. The van der Waals surface area contributed by atoms with E-state index in [2.05, 4.69) is 6.92 Å². The SMILES string of the molecule is CCCCCCSC1=NC2(CCCCC2)[C@H]2CCCC[C@@H]2O1. The summed E-state index contributed by atoms with van der Waals surface area (Å²) in [5.41, 5.74) is 0.257. The van der Waals surface area contributed by atoms with Crippen LogP contribution in [-0.2, 0) is 4.74 Å². The Kier molecular flexibility index (Phi) is 6.12. The van der Waals surface area contributed by atoms with Crippen LogP contribution >= 0.6 is 11.8 Å². The lowest BCUT2D eigenvalue weighted by molar-refractivity contribution is 0.00299. The molecule has 3 rings (SSSR count). The van der Waals surface area contributed by atoms with Crippen molar-refractivity contribution < 1.29 is 4.74 Å². The van der Waals surface area contributed by atoms with Crippen LogP contribution in [-0.4, -0.2) is 22.6 Å². The van der Waals surface area contributed by atoms with E-state index in [1.165, 1.54) is 89.2 Å². The average Bonchev–Trinajstić information content (AvgIpc) is 2.56. The fourth-order valence-corrected chi connectivity index (χ4v) is 5.64. The molecule has 126 valence electrons. The van der Waals surface area contributed by atoms with Crippen molar-refractivity contribution >= 4 is 17.0 Å². The lowest BCUT2D eigenvalue weighted by Crippen LogP contribution is -2.51. The number of aliphatic imine (C=N–C) groups is 1. The van der Waals surface area contributed by atoms with Gasteiger partial charge >= 0.3 is 0 Å². The molecule has 0 unspecified atom stereocenters. The topological polar surface area (TPSA) is 21.6 Å². The molecule has 0 radical (unpaired) electrons. The Labute approximate surface area is 140 Å². The van der Waals surface area contributed by atoms with Gasteiger partial charge in [0.2, 0.25) is 5.23 Å². The molecule has 2 atom stereocenters. The van der Waals surface area contributed by atoms with Crippen LogP contribution in [0.5, 0.6) is 0 Å². The monoisotopic (exact) mass is 323 g/mol. The average molecular weight is 324 g/mol. The van der Waals surface area contributed by atoms with Crippen molar-refractivity contribution in [3.63, 3.8) is 0 Å². The summed E-state index contributed by atoms with van der Waals surface area (Å²) in [6, 6.07) is 0. The quantitative estimate of drug-likeness (QED) is 0.583. The first-order chi connectivity index (χ1) is 10.8. The van der Waals surface area contributed by atoms with Crippen molar-refractivity contribution in [2.45, 2.75) is 102 Å². The molecule has 2 saturated carbocycles. The third-order valence-electron chi connectivity index (χ3n) is 5.90. The molecule has 0 aromatic carbocycles. The minimum absolute atomic E-state index is 0.257. The molecule has 1 spiro atoms. The predicted octanol–water partition coefficient (Wildman–Crippen LogP) is 5.95. The Morgan fingerprint density at radius 1 is 1.05 bits per heavy atom. The van der Waals surface area contributed by atoms with Gasteiger partial charge in [0.15, 0.2) is 0 Å². The molecule has 1 heterocycles. The smallest absolute Gasteiger partial charge is 0.246 e. The lowest BCUT2D eigenvalue weighted by atomic mass is 9.66. The largest absolute Gasteiger partial charge is 0.469 e. The second kappa shape index (κ2) is 8.08. The van der Waals surface area contributed by atoms with E-state index in [-0.39, 0.29) is 5.54 Å². The summed E-state index contributed by atoms with van der Waals surface area (Å²) in [4.78, 5) is 5.23. The van der Waals surface area contributed by atoms with E-state index in [1.54, 1.807) is 0 Å². The molecule has 0 N–H and O–H groups in total. The van der Waals surface area contributed by atoms with Crippen molar-refractivity contribution in [2.24, 2.45) is 10.9 Å². The summed E-state index contributed by atoms with van der Waals surface area (Å²) in [6.45, 7) is 2.28. The molecule has 3 heteroatoms. The van der Waals surface area contributed by atoms with Crippen LogP contribution in [0.25, 0.3) is 0 Å². The minimum Gasteiger partial charge on any atom is -0.469 e. The third kappa shape index (κ3) is 3.83. The van der Waals surface area contributed by atoms with Crippen LogP contribution in [0, 0.1) is 5.92 Å². The van der Waals surface area contributed by atoms with Gasteiger partial charge in [-0.3, -0.25) is 0 Å². The Balaban J connectivity index is 1.64. The molecule has 0 aromatic heterocycles. The summed E-state index contributed by atoms with van der Waals surface area (Å²) in [7, 11) is 0. The number of unbranched alkanes of at least 4 members (excludes halogenated alkanes) is 3. The highest BCUT2D eigenvalue weighted by Crippen LogP contribution is 2.48. The van der Waals surface area contributed by atoms with E-state index < -0.39 is 0 Å². The summed E-state index contributed by atoms with van der Waals surface area (Å²) in [5.74, 6) is 1.90. The Morgan fingerprint density at radius 2 is 1.86 bits per heavy atom. The van der Waals surface area contributed by atoms with Gasteiger partial charge in [0.1, 0.15) is 6.10 Å². The second-order valence-corrected chi connectivity index (χ2v) is 8.54. The van der Waals surface area contributed by atoms with Crippen molar-refractivity contribution in [3.05, 3.63) is 0 Å². The van der Waals surface area contributed by atoms with Gasteiger partial charge in [-0.05, 0) is 38.5 Å². The highest BCUT2D eigenvalue weighted by molar-refractivity contribution is 8.13. The molecule has 0 bridgehead atoms. The van der Waals surface area contributed by atoms with Crippen molar-refractivity contribution in [3.8, 4) is 0 Å². The zero-order valence-corrected chi connectivity index (χ0v) is 15.1. The summed E-state index contributed by atoms with van der Waals surface area (Å²) in [6.07, 6.45) is 18.0. The maximum absolute atomic E-state index is 6.34. The Hall–Kier alpha value is -0.180. The maximum atomic E-state index is 6.34. The standard InChI is InChI=1S/C19H33NOS/c1-2-3-4-10-15-22-18-20-19(13-8-5-9-14-19)16-11-6-7-12-17(16)21-18/h16-17H,2-15H2,1H3/t16-,17-/m0/s1. The predicted molar refractivity (Wildman–Crippen MR) is 96.7 cm³/mol. The van der Waals surface area contributed by atoms with E-state index in [4.69, 9.17) is 9.73 Å². The van der Waals surface area contributed by atoms with Gasteiger partial charge in [-0.25, -0.2) is 4.99 Å². The molecule has 3 aliphatic rings. The fourth-order valence-electron chi connectivity index (χ4n) is 4.67. The van der Waals surface area contributed by atoms with Crippen molar-refractivity contribution in [1.29, 1.82) is 0 Å². The first-order valence-corrected chi connectivity index (χ1v) is 10.7. The van der Waals surface area contributed by atoms with Crippen LogP contribution in [0.15, 0.2) is 4.99 Å². The molecule has 0 saturated heterocycles. The minimum atomic E-state index is 0.257. The Morgan fingerprint density at radius 3 is 2.68 bits per heavy atom. The van der Waals surface area contributed by atoms with E-state index in [9.17, 15) is 0 Å². The molecule has 1 aliphatic heterocycles. The van der Waals surface area contributed by atoms with Crippen LogP contribution in [0.1, 0.15) is 90.4 Å². The van der Waals surface area contributed by atoms with Gasteiger partial charge < -0.3 is 4.74 Å². The summed E-state index contributed by atoms with van der Waals surface area (Å²) in [5, 5.41) is 1.04. The summed E-state index contributed by atoms with van der Waals surface area (Å²) >= 11 is 1.90. The zero-order valence-electron chi connectivity index (χ0n) is 14.3. The number of hydrogen-bond donors (Lipinski definition) is 0. The maximum Gasteiger partial charge on any atom is 0.246 e. The number of ether oxygens (including phenoxy) is 1. The lowest BCUT2D eigenvalue weighted by Gasteiger charge is -2.49. The molecule has 2 nitrogen and oxygen atoms in total.